The van der Waals surface area contributed by atoms with E-state index in [1.54, 1.807) is 6.07 Å². The standard InChI is InChI=1S/C22H16O4/c1-11(23)26-12-6-7-15-16(10-12)20-14-5-3-2-4-13(14)19(15)21-17(24)8-9-18(25)22(20)21/h2-10,19-22H,1H3/t19-,20+,21-,22-/m1/s1. The van der Waals surface area contributed by atoms with Gasteiger partial charge in [-0.25, -0.2) is 0 Å². The van der Waals surface area contributed by atoms with E-state index in [9.17, 15) is 14.4 Å². The molecule has 26 heavy (non-hydrogen) atoms. The molecule has 4 aliphatic carbocycles. The lowest BCUT2D eigenvalue weighted by Gasteiger charge is -2.50. The highest BCUT2D eigenvalue weighted by atomic mass is 16.5. The molecule has 6 rings (SSSR count). The topological polar surface area (TPSA) is 60.4 Å². The second-order valence-corrected chi connectivity index (χ2v) is 7.16. The van der Waals surface area contributed by atoms with E-state index in [0.29, 0.717) is 5.75 Å². The van der Waals surface area contributed by atoms with Gasteiger partial charge in [0.2, 0.25) is 0 Å². The molecule has 2 bridgehead atoms. The van der Waals surface area contributed by atoms with Crippen molar-refractivity contribution in [3.8, 4) is 5.75 Å². The van der Waals surface area contributed by atoms with Crippen molar-refractivity contribution in [1.82, 2.24) is 0 Å². The molecule has 0 saturated heterocycles. The molecule has 0 radical (unpaired) electrons. The van der Waals surface area contributed by atoms with Crippen LogP contribution in [0.25, 0.3) is 0 Å². The summed E-state index contributed by atoms with van der Waals surface area (Å²) in [5.41, 5.74) is 4.28. The molecule has 4 atom stereocenters. The SMILES string of the molecule is CC(=O)Oc1ccc2c(c1)[C@@H]1c3ccccc3[C@H]2[C@H]2C(=O)C=CC(=O)[C@H]12. The number of hydrogen-bond acceptors (Lipinski definition) is 4. The predicted octanol–water partition coefficient (Wildman–Crippen LogP) is 3.14. The Labute approximate surface area is 150 Å². The number of hydrogen-bond donors (Lipinski definition) is 0. The van der Waals surface area contributed by atoms with Crippen molar-refractivity contribution < 1.29 is 19.1 Å². The van der Waals surface area contributed by atoms with Gasteiger partial charge in [0.1, 0.15) is 5.75 Å². The summed E-state index contributed by atoms with van der Waals surface area (Å²) in [7, 11) is 0. The van der Waals surface area contributed by atoms with Gasteiger partial charge in [0.15, 0.2) is 11.6 Å². The summed E-state index contributed by atoms with van der Waals surface area (Å²) >= 11 is 0. The van der Waals surface area contributed by atoms with Crippen molar-refractivity contribution in [1.29, 1.82) is 0 Å². The molecule has 0 unspecified atom stereocenters. The Morgan fingerprint density at radius 3 is 1.92 bits per heavy atom. The lowest BCUT2D eigenvalue weighted by atomic mass is 9.51. The van der Waals surface area contributed by atoms with Crippen LogP contribution in [0.5, 0.6) is 5.75 Å². The molecule has 4 heteroatoms. The zero-order valence-corrected chi connectivity index (χ0v) is 14.1. The predicted molar refractivity (Wildman–Crippen MR) is 94.0 cm³/mol. The summed E-state index contributed by atoms with van der Waals surface area (Å²) in [5, 5.41) is 0. The van der Waals surface area contributed by atoms with Crippen LogP contribution in [0.3, 0.4) is 0 Å². The third-order valence-corrected chi connectivity index (χ3v) is 5.83. The number of esters is 1. The maximum atomic E-state index is 12.7. The molecule has 128 valence electrons. The first kappa shape index (κ1) is 15.3. The Balaban J connectivity index is 1.77. The second kappa shape index (κ2) is 5.24. The Hall–Kier alpha value is -3.01. The third kappa shape index (κ3) is 1.93. The van der Waals surface area contributed by atoms with Crippen molar-refractivity contribution >= 4 is 17.5 Å². The average Bonchev–Trinajstić information content (AvgIpc) is 2.63. The number of rotatable bonds is 1. The molecule has 0 aliphatic heterocycles. The molecule has 2 aromatic carbocycles. The van der Waals surface area contributed by atoms with E-state index in [0.717, 1.165) is 22.3 Å². The number of ketones is 2. The largest absolute Gasteiger partial charge is 0.427 e. The van der Waals surface area contributed by atoms with Crippen molar-refractivity contribution in [3.63, 3.8) is 0 Å². The summed E-state index contributed by atoms with van der Waals surface area (Å²) in [6, 6.07) is 13.6. The molecule has 0 amide bonds. The Kier molecular flexibility index (Phi) is 3.08. The summed E-state index contributed by atoms with van der Waals surface area (Å²) < 4.78 is 5.26. The Morgan fingerprint density at radius 1 is 0.808 bits per heavy atom. The summed E-state index contributed by atoms with van der Waals surface area (Å²) in [6.07, 6.45) is 2.85. The van der Waals surface area contributed by atoms with Crippen LogP contribution >= 0.6 is 0 Å². The summed E-state index contributed by atoms with van der Waals surface area (Å²) in [4.78, 5) is 36.7. The highest BCUT2D eigenvalue weighted by Gasteiger charge is 2.55. The quantitative estimate of drug-likeness (QED) is 0.589. The van der Waals surface area contributed by atoms with Gasteiger partial charge in [-0.1, -0.05) is 30.3 Å². The van der Waals surface area contributed by atoms with E-state index in [2.05, 4.69) is 6.07 Å². The minimum absolute atomic E-state index is 0.00245. The van der Waals surface area contributed by atoms with Crippen LogP contribution in [0, 0.1) is 11.8 Å². The number of allylic oxidation sites excluding steroid dienone is 2. The number of carbonyl (C=O) groups is 3. The fourth-order valence-electron chi connectivity index (χ4n) is 5.00. The fourth-order valence-corrected chi connectivity index (χ4v) is 5.00. The molecule has 4 aliphatic rings. The van der Waals surface area contributed by atoms with Gasteiger partial charge >= 0.3 is 5.97 Å². The van der Waals surface area contributed by atoms with E-state index in [1.165, 1.54) is 19.1 Å². The smallest absolute Gasteiger partial charge is 0.308 e. The molecule has 4 nitrogen and oxygen atoms in total. The number of benzene rings is 2. The van der Waals surface area contributed by atoms with E-state index >= 15 is 0 Å². The number of carbonyl (C=O) groups excluding carboxylic acids is 3. The van der Waals surface area contributed by atoms with Gasteiger partial charge in [0.05, 0.1) is 0 Å². The molecule has 2 aromatic rings. The first-order chi connectivity index (χ1) is 12.6. The Morgan fingerprint density at radius 2 is 1.35 bits per heavy atom. The fraction of sp³-hybridized carbons (Fsp3) is 0.227. The van der Waals surface area contributed by atoms with E-state index in [1.807, 2.05) is 30.3 Å². The van der Waals surface area contributed by atoms with Crippen LogP contribution in [0.15, 0.2) is 54.6 Å². The van der Waals surface area contributed by atoms with Gasteiger partial charge in [-0.05, 0) is 46.5 Å². The third-order valence-electron chi connectivity index (χ3n) is 5.83. The van der Waals surface area contributed by atoms with Crippen LogP contribution in [0.2, 0.25) is 0 Å². The average molecular weight is 344 g/mol. The lowest BCUT2D eigenvalue weighted by molar-refractivity contribution is -0.132. The summed E-state index contributed by atoms with van der Waals surface area (Å²) in [5.74, 6) is -0.931. The Bertz CT molecular complexity index is 1020. The second-order valence-electron chi connectivity index (χ2n) is 7.16. The molecule has 0 heterocycles. The molecule has 0 spiro atoms. The van der Waals surface area contributed by atoms with E-state index in [-0.39, 0.29) is 41.2 Å². The van der Waals surface area contributed by atoms with Crippen LogP contribution in [0.4, 0.5) is 0 Å². The van der Waals surface area contributed by atoms with E-state index < -0.39 is 0 Å². The molecule has 0 saturated carbocycles. The maximum absolute atomic E-state index is 12.7. The molecule has 0 N–H and O–H groups in total. The summed E-state index contributed by atoms with van der Waals surface area (Å²) in [6.45, 7) is 1.37. The molecular formula is C22H16O4. The van der Waals surface area contributed by atoms with Gasteiger partial charge in [0, 0.05) is 30.6 Å². The van der Waals surface area contributed by atoms with Crippen LogP contribution in [-0.4, -0.2) is 17.5 Å². The first-order valence-electron chi connectivity index (χ1n) is 8.73. The molecular weight excluding hydrogens is 328 g/mol. The van der Waals surface area contributed by atoms with Crippen molar-refractivity contribution in [2.24, 2.45) is 11.8 Å². The lowest BCUT2D eigenvalue weighted by Crippen LogP contribution is -2.47. The zero-order valence-electron chi connectivity index (χ0n) is 14.1. The van der Waals surface area contributed by atoms with Crippen LogP contribution in [-0.2, 0) is 14.4 Å². The molecule has 0 aromatic heterocycles. The maximum Gasteiger partial charge on any atom is 0.308 e. The first-order valence-corrected chi connectivity index (χ1v) is 8.73. The highest BCUT2D eigenvalue weighted by Crippen LogP contribution is 2.60. The van der Waals surface area contributed by atoms with Gasteiger partial charge in [-0.2, -0.15) is 0 Å². The van der Waals surface area contributed by atoms with Gasteiger partial charge in [-0.15, -0.1) is 0 Å². The zero-order chi connectivity index (χ0) is 18.0. The van der Waals surface area contributed by atoms with Gasteiger partial charge in [-0.3, -0.25) is 14.4 Å². The van der Waals surface area contributed by atoms with Crippen molar-refractivity contribution in [2.75, 3.05) is 0 Å². The van der Waals surface area contributed by atoms with E-state index in [4.69, 9.17) is 4.74 Å². The highest BCUT2D eigenvalue weighted by molar-refractivity contribution is 6.09. The van der Waals surface area contributed by atoms with Crippen LogP contribution < -0.4 is 4.74 Å². The molecule has 0 fully saturated rings. The normalized spacial score (nSPS) is 27.6. The van der Waals surface area contributed by atoms with Crippen molar-refractivity contribution in [3.05, 3.63) is 76.9 Å². The minimum atomic E-state index is -0.382. The van der Waals surface area contributed by atoms with Crippen molar-refractivity contribution in [2.45, 2.75) is 18.8 Å². The monoisotopic (exact) mass is 344 g/mol. The van der Waals surface area contributed by atoms with Gasteiger partial charge < -0.3 is 4.74 Å². The minimum Gasteiger partial charge on any atom is -0.427 e. The van der Waals surface area contributed by atoms with Gasteiger partial charge in [0.25, 0.3) is 0 Å². The number of ether oxygens (including phenoxy) is 1. The van der Waals surface area contributed by atoms with Crippen LogP contribution in [0.1, 0.15) is 41.0 Å².